The van der Waals surface area contributed by atoms with Gasteiger partial charge in [0.15, 0.2) is 5.82 Å². The lowest BCUT2D eigenvalue weighted by Gasteiger charge is -2.51. The van der Waals surface area contributed by atoms with Crippen molar-refractivity contribution in [3.05, 3.63) is 35.0 Å². The number of rotatable bonds is 5. The fraction of sp³-hybridized carbons (Fsp3) is 0.545. The van der Waals surface area contributed by atoms with Crippen molar-refractivity contribution in [2.75, 3.05) is 22.6 Å². The molecule has 2 bridgehead atoms. The topological polar surface area (TPSA) is 104 Å². The van der Waals surface area contributed by atoms with Gasteiger partial charge in [-0.2, -0.15) is 4.98 Å². The number of nitrogens with zero attached hydrogens (tertiary/aromatic N) is 5. The average Bonchev–Trinajstić information content (AvgIpc) is 2.76. The van der Waals surface area contributed by atoms with Crippen molar-refractivity contribution in [2.24, 2.45) is 0 Å². The van der Waals surface area contributed by atoms with E-state index in [1.807, 2.05) is 0 Å². The Kier molecular flexibility index (Phi) is 4.96. The van der Waals surface area contributed by atoms with Gasteiger partial charge in [-0.3, -0.25) is 4.21 Å². The van der Waals surface area contributed by atoms with Crippen LogP contribution in [0.5, 0.6) is 0 Å². The summed E-state index contributed by atoms with van der Waals surface area (Å²) in [5, 5.41) is 14.0. The molecule has 168 valence electrons. The van der Waals surface area contributed by atoms with Crippen LogP contribution in [0.25, 0.3) is 5.57 Å². The van der Waals surface area contributed by atoms with Gasteiger partial charge in [0.05, 0.1) is 39.7 Å². The number of aromatic nitrogens is 4. The van der Waals surface area contributed by atoms with Gasteiger partial charge >= 0.3 is 0 Å². The van der Waals surface area contributed by atoms with Gasteiger partial charge in [0.25, 0.3) is 0 Å². The van der Waals surface area contributed by atoms with Crippen LogP contribution in [0.1, 0.15) is 50.0 Å². The SMILES string of the molecule is O=[S@@]1CCCc2nc(N3C4C=C(c5ncc(Cl)cn5)CC3C4)nc(NC3(CO)CCC3)c21. The van der Waals surface area contributed by atoms with E-state index < -0.39 is 10.8 Å². The van der Waals surface area contributed by atoms with E-state index in [1.54, 1.807) is 12.4 Å². The molecule has 1 saturated heterocycles. The highest BCUT2D eigenvalue weighted by molar-refractivity contribution is 7.85. The van der Waals surface area contributed by atoms with Gasteiger partial charge in [-0.1, -0.05) is 17.7 Å². The lowest BCUT2D eigenvalue weighted by atomic mass is 9.77. The molecule has 32 heavy (non-hydrogen) atoms. The van der Waals surface area contributed by atoms with Crippen LogP contribution in [-0.4, -0.2) is 59.2 Å². The predicted octanol–water partition coefficient (Wildman–Crippen LogP) is 2.74. The van der Waals surface area contributed by atoms with E-state index in [1.165, 1.54) is 0 Å². The Balaban J connectivity index is 1.34. The van der Waals surface area contributed by atoms with E-state index in [0.717, 1.165) is 66.9 Å². The number of nitrogens with one attached hydrogen (secondary N) is 1. The fourth-order valence-corrected chi connectivity index (χ4v) is 6.65. The zero-order valence-electron chi connectivity index (χ0n) is 17.6. The Bertz CT molecular complexity index is 1110. The molecule has 2 aromatic rings. The average molecular weight is 473 g/mol. The van der Waals surface area contributed by atoms with Gasteiger partial charge < -0.3 is 15.3 Å². The minimum Gasteiger partial charge on any atom is -0.394 e. The zero-order valence-corrected chi connectivity index (χ0v) is 19.2. The molecule has 5 heterocycles. The van der Waals surface area contributed by atoms with Crippen LogP contribution < -0.4 is 10.2 Å². The molecule has 2 unspecified atom stereocenters. The maximum atomic E-state index is 12.9. The highest BCUT2D eigenvalue weighted by Crippen LogP contribution is 2.44. The summed E-state index contributed by atoms with van der Waals surface area (Å²) in [6.07, 6.45) is 11.9. The first kappa shape index (κ1) is 20.5. The van der Waals surface area contributed by atoms with Crippen molar-refractivity contribution in [3.63, 3.8) is 0 Å². The third-order valence-electron chi connectivity index (χ3n) is 7.14. The molecule has 2 N–H and O–H groups in total. The molecular weight excluding hydrogens is 448 g/mol. The van der Waals surface area contributed by atoms with E-state index in [9.17, 15) is 9.32 Å². The summed E-state index contributed by atoms with van der Waals surface area (Å²) >= 11 is 5.93. The summed E-state index contributed by atoms with van der Waals surface area (Å²) in [7, 11) is -1.11. The molecule has 0 radical (unpaired) electrons. The molecule has 5 aliphatic rings. The van der Waals surface area contributed by atoms with Crippen molar-refractivity contribution in [2.45, 2.75) is 67.5 Å². The minimum absolute atomic E-state index is 0.0515. The molecular formula is C22H25ClN6O2S. The Hall–Kier alpha value is -2.10. The summed E-state index contributed by atoms with van der Waals surface area (Å²) < 4.78 is 12.9. The van der Waals surface area contributed by atoms with Gasteiger partial charge in [-0.05, 0) is 50.5 Å². The molecule has 8 nitrogen and oxygen atoms in total. The van der Waals surface area contributed by atoms with E-state index in [-0.39, 0.29) is 24.2 Å². The summed E-state index contributed by atoms with van der Waals surface area (Å²) in [6.45, 7) is 0.0515. The Morgan fingerprint density at radius 3 is 2.72 bits per heavy atom. The standard InChI is InChI=1S/C22H25ClN6O2S/c23-14-10-24-19(25-11-14)13-7-15-9-16(8-13)29(15)21-26-17-3-1-6-32(31)18(17)20(27-21)28-22(12-30)4-2-5-22/h7,10-11,15-16,30H,1-6,8-9,12H2,(H,26,27,28)/t15?,16?,32-/m1/s1. The van der Waals surface area contributed by atoms with Crippen LogP contribution in [0.15, 0.2) is 23.4 Å². The van der Waals surface area contributed by atoms with Crippen molar-refractivity contribution < 1.29 is 9.32 Å². The Morgan fingerprint density at radius 2 is 2.06 bits per heavy atom. The van der Waals surface area contributed by atoms with Crippen LogP contribution in [0.4, 0.5) is 11.8 Å². The lowest BCUT2D eigenvalue weighted by molar-refractivity contribution is 0.143. The summed E-state index contributed by atoms with van der Waals surface area (Å²) in [6, 6.07) is 0.480. The third-order valence-corrected chi connectivity index (χ3v) is 8.88. The van der Waals surface area contributed by atoms with Crippen molar-refractivity contribution in [1.82, 2.24) is 19.9 Å². The number of halogens is 1. The van der Waals surface area contributed by atoms with Crippen LogP contribution in [0.2, 0.25) is 5.02 Å². The monoisotopic (exact) mass is 472 g/mol. The molecule has 0 amide bonds. The smallest absolute Gasteiger partial charge is 0.228 e. The summed E-state index contributed by atoms with van der Waals surface area (Å²) in [4.78, 5) is 21.5. The first-order valence-corrected chi connectivity index (χ1v) is 12.9. The summed E-state index contributed by atoms with van der Waals surface area (Å²) in [5.41, 5.74) is 1.65. The van der Waals surface area contributed by atoms with Gasteiger partial charge in [0, 0.05) is 24.2 Å². The number of aliphatic hydroxyl groups excluding tert-OH is 1. The second kappa shape index (κ2) is 7.74. The van der Waals surface area contributed by atoms with E-state index in [2.05, 4.69) is 26.3 Å². The third kappa shape index (κ3) is 3.33. The minimum atomic E-state index is -1.11. The summed E-state index contributed by atoms with van der Waals surface area (Å²) in [5.74, 6) is 2.69. The van der Waals surface area contributed by atoms with Crippen LogP contribution >= 0.6 is 11.6 Å². The Morgan fingerprint density at radius 1 is 1.25 bits per heavy atom. The number of aryl methyl sites for hydroxylation is 1. The molecule has 0 spiro atoms. The molecule has 1 saturated carbocycles. The maximum absolute atomic E-state index is 12.9. The molecule has 0 aromatic carbocycles. The first-order chi connectivity index (χ1) is 15.5. The van der Waals surface area contributed by atoms with Gasteiger partial charge in [0.1, 0.15) is 10.7 Å². The van der Waals surface area contributed by atoms with Crippen molar-refractivity contribution in [3.8, 4) is 0 Å². The van der Waals surface area contributed by atoms with Gasteiger partial charge in [0.2, 0.25) is 5.95 Å². The van der Waals surface area contributed by atoms with Crippen molar-refractivity contribution in [1.29, 1.82) is 0 Å². The highest BCUT2D eigenvalue weighted by Gasteiger charge is 2.45. The molecule has 3 aliphatic heterocycles. The molecule has 7 rings (SSSR count). The second-order valence-electron chi connectivity index (χ2n) is 9.20. The first-order valence-electron chi connectivity index (χ1n) is 11.2. The normalized spacial score (nSPS) is 27.6. The van der Waals surface area contributed by atoms with Gasteiger partial charge in [-0.25, -0.2) is 15.0 Å². The van der Waals surface area contributed by atoms with Gasteiger partial charge in [-0.15, -0.1) is 0 Å². The van der Waals surface area contributed by atoms with Crippen LogP contribution in [0.3, 0.4) is 0 Å². The molecule has 2 aromatic heterocycles. The number of hydrogen-bond acceptors (Lipinski definition) is 8. The van der Waals surface area contributed by atoms with E-state index in [4.69, 9.17) is 21.6 Å². The zero-order chi connectivity index (χ0) is 21.9. The molecule has 2 fully saturated rings. The maximum Gasteiger partial charge on any atom is 0.228 e. The van der Waals surface area contributed by atoms with Crippen LogP contribution in [-0.2, 0) is 17.2 Å². The largest absolute Gasteiger partial charge is 0.394 e. The van der Waals surface area contributed by atoms with Crippen molar-refractivity contribution >= 4 is 39.7 Å². The molecule has 3 atom stereocenters. The predicted molar refractivity (Wildman–Crippen MR) is 123 cm³/mol. The van der Waals surface area contributed by atoms with E-state index >= 15 is 0 Å². The van der Waals surface area contributed by atoms with Crippen LogP contribution in [0, 0.1) is 0 Å². The highest BCUT2D eigenvalue weighted by atomic mass is 35.5. The fourth-order valence-electron chi connectivity index (χ4n) is 5.22. The molecule has 2 aliphatic carbocycles. The number of anilines is 2. The molecule has 10 heteroatoms. The number of fused-ring (bicyclic) bond motifs is 2. The Labute approximate surface area is 194 Å². The van der Waals surface area contributed by atoms with E-state index in [0.29, 0.717) is 22.5 Å². The second-order valence-corrected chi connectivity index (χ2v) is 11.1. The number of hydrogen-bond donors (Lipinski definition) is 2. The quantitative estimate of drug-likeness (QED) is 0.684. The number of aliphatic hydroxyl groups is 1. The lowest BCUT2D eigenvalue weighted by Crippen LogP contribution is -2.58.